The molecule has 1 N–H and O–H groups in total. The topological polar surface area (TPSA) is 64.7 Å². The monoisotopic (exact) mass is 485 g/mol. The lowest BCUT2D eigenvalue weighted by molar-refractivity contribution is -0.116. The molecule has 1 amide bonds. The number of hydrogen-bond acceptors (Lipinski definition) is 3. The molecule has 2 aromatic heterocycles. The summed E-state index contributed by atoms with van der Waals surface area (Å²) in [5.41, 5.74) is 2.88. The van der Waals surface area contributed by atoms with E-state index in [0.717, 1.165) is 9.26 Å². The minimum Gasteiger partial charge on any atom is -0.323 e. The van der Waals surface area contributed by atoms with Crippen molar-refractivity contribution < 1.29 is 4.79 Å². The number of fused-ring (bicyclic) bond motifs is 1. The molecule has 0 saturated carbocycles. The molecule has 2 aromatic carbocycles. The quantitative estimate of drug-likeness (QED) is 0.416. The Morgan fingerprint density at radius 1 is 1.11 bits per heavy atom. The van der Waals surface area contributed by atoms with Gasteiger partial charge in [-0.1, -0.05) is 42.5 Å². The zero-order valence-electron chi connectivity index (χ0n) is 15.5. The highest BCUT2D eigenvalue weighted by Gasteiger charge is 2.08. The van der Waals surface area contributed by atoms with Gasteiger partial charge < -0.3 is 5.32 Å². The molecule has 4 rings (SSSR count). The second kappa shape index (κ2) is 8.14. The van der Waals surface area contributed by atoms with Gasteiger partial charge >= 0.3 is 0 Å². The van der Waals surface area contributed by atoms with Gasteiger partial charge in [0.1, 0.15) is 0 Å². The maximum absolute atomic E-state index is 12.2. The molecule has 0 spiro atoms. The summed E-state index contributed by atoms with van der Waals surface area (Å²) in [6, 6.07) is 14.6. The molecule has 0 aliphatic rings. The summed E-state index contributed by atoms with van der Waals surface area (Å²) >= 11 is 2.24. The first kappa shape index (κ1) is 18.7. The molecule has 0 aliphatic heterocycles. The van der Waals surface area contributed by atoms with Gasteiger partial charge in [0, 0.05) is 25.4 Å². The number of anilines is 1. The van der Waals surface area contributed by atoms with Gasteiger partial charge in [-0.15, -0.1) is 0 Å². The second-order valence-electron chi connectivity index (χ2n) is 6.69. The van der Waals surface area contributed by atoms with Gasteiger partial charge in [0.15, 0.2) is 0 Å². The predicted molar refractivity (Wildman–Crippen MR) is 118 cm³/mol. The van der Waals surface area contributed by atoms with Crippen LogP contribution in [0.2, 0.25) is 0 Å². The van der Waals surface area contributed by atoms with Crippen LogP contribution in [0.4, 0.5) is 5.69 Å². The average Bonchev–Trinajstić information content (AvgIpc) is 3.26. The van der Waals surface area contributed by atoms with Gasteiger partial charge in [-0.05, 0) is 45.9 Å². The van der Waals surface area contributed by atoms with E-state index in [0.29, 0.717) is 25.2 Å². The number of carbonyl (C=O) groups excluding carboxylic acids is 1. The number of nitrogens with one attached hydrogen (secondary N) is 1. The van der Waals surface area contributed by atoms with Crippen molar-refractivity contribution in [3.8, 4) is 0 Å². The predicted octanol–water partition coefficient (Wildman–Crippen LogP) is 4.22. The number of hydrogen-bond donors (Lipinski definition) is 1. The summed E-state index contributed by atoms with van der Waals surface area (Å²) in [7, 11) is 0. The van der Waals surface area contributed by atoms with E-state index in [2.05, 4.69) is 68.4 Å². The molecule has 0 atom stereocenters. The van der Waals surface area contributed by atoms with Crippen LogP contribution in [0, 0.1) is 10.5 Å². The Balaban J connectivity index is 1.38. The number of aryl methyl sites for hydroxylation is 2. The zero-order valence-corrected chi connectivity index (χ0v) is 17.6. The van der Waals surface area contributed by atoms with Crippen molar-refractivity contribution in [3.05, 3.63) is 75.9 Å². The van der Waals surface area contributed by atoms with Gasteiger partial charge in [0.05, 0.1) is 27.7 Å². The third kappa shape index (κ3) is 4.24. The van der Waals surface area contributed by atoms with Crippen LogP contribution in [0.1, 0.15) is 17.7 Å². The van der Waals surface area contributed by atoms with Gasteiger partial charge in [-0.3, -0.25) is 14.2 Å². The van der Waals surface area contributed by atoms with Crippen molar-refractivity contribution in [2.24, 2.45) is 0 Å². The lowest BCUT2D eigenvalue weighted by atomic mass is 10.0. The lowest BCUT2D eigenvalue weighted by Crippen LogP contribution is -2.14. The van der Waals surface area contributed by atoms with Crippen molar-refractivity contribution in [2.45, 2.75) is 26.4 Å². The van der Waals surface area contributed by atoms with Crippen molar-refractivity contribution >= 4 is 45.0 Å². The molecule has 2 heterocycles. The number of carbonyl (C=O) groups is 1. The van der Waals surface area contributed by atoms with E-state index in [4.69, 9.17) is 0 Å². The highest BCUT2D eigenvalue weighted by molar-refractivity contribution is 14.1. The largest absolute Gasteiger partial charge is 0.323 e. The van der Waals surface area contributed by atoms with Crippen LogP contribution in [-0.2, 0) is 17.9 Å². The summed E-state index contributed by atoms with van der Waals surface area (Å²) in [6.07, 6.45) is 5.86. The van der Waals surface area contributed by atoms with Gasteiger partial charge in [-0.25, -0.2) is 0 Å². The summed E-state index contributed by atoms with van der Waals surface area (Å²) in [5.74, 6) is -0.0483. The van der Waals surface area contributed by atoms with Crippen LogP contribution in [0.5, 0.6) is 0 Å². The normalized spacial score (nSPS) is 11.1. The maximum atomic E-state index is 12.2. The average molecular weight is 485 g/mol. The SMILES string of the molecule is Cc1nn(CCC(=O)Nc2cnn(Cc3cccc4ccccc34)c2)cc1I. The maximum Gasteiger partial charge on any atom is 0.226 e. The molecular weight excluding hydrogens is 465 g/mol. The summed E-state index contributed by atoms with van der Waals surface area (Å²) < 4.78 is 4.75. The number of aromatic nitrogens is 4. The molecule has 7 heteroatoms. The Hall–Kier alpha value is -2.68. The first-order valence-electron chi connectivity index (χ1n) is 9.07. The van der Waals surface area contributed by atoms with E-state index in [-0.39, 0.29) is 5.91 Å². The molecule has 28 heavy (non-hydrogen) atoms. The minimum atomic E-state index is -0.0483. The molecule has 0 unspecified atom stereocenters. The lowest BCUT2D eigenvalue weighted by Gasteiger charge is -2.06. The number of amides is 1. The fraction of sp³-hybridized carbons (Fsp3) is 0.190. The van der Waals surface area contributed by atoms with Gasteiger partial charge in [0.25, 0.3) is 0 Å². The highest BCUT2D eigenvalue weighted by atomic mass is 127. The Kier molecular flexibility index (Phi) is 5.43. The molecule has 0 radical (unpaired) electrons. The van der Waals surface area contributed by atoms with Crippen LogP contribution < -0.4 is 5.32 Å². The Morgan fingerprint density at radius 3 is 2.75 bits per heavy atom. The number of nitrogens with zero attached hydrogens (tertiary/aromatic N) is 4. The van der Waals surface area contributed by atoms with Gasteiger partial charge in [-0.2, -0.15) is 10.2 Å². The molecule has 0 bridgehead atoms. The van der Waals surface area contributed by atoms with E-state index in [1.165, 1.54) is 16.3 Å². The molecule has 4 aromatic rings. The summed E-state index contributed by atoms with van der Waals surface area (Å²) in [6.45, 7) is 3.17. The van der Waals surface area contributed by atoms with Gasteiger partial charge in [0.2, 0.25) is 5.91 Å². The Morgan fingerprint density at radius 2 is 1.93 bits per heavy atom. The zero-order chi connectivity index (χ0) is 19.5. The Bertz CT molecular complexity index is 1110. The van der Waals surface area contributed by atoms with E-state index >= 15 is 0 Å². The molecule has 0 saturated heterocycles. The third-order valence-electron chi connectivity index (χ3n) is 4.58. The summed E-state index contributed by atoms with van der Waals surface area (Å²) in [5, 5.41) is 14.1. The fourth-order valence-corrected chi connectivity index (χ4v) is 3.60. The van der Waals surface area contributed by atoms with Crippen molar-refractivity contribution in [2.75, 3.05) is 5.32 Å². The summed E-state index contributed by atoms with van der Waals surface area (Å²) in [4.78, 5) is 12.2. The smallest absolute Gasteiger partial charge is 0.226 e. The standard InChI is InChI=1S/C21H20IN5O/c1-15-20(22)14-26(25-15)10-9-21(28)24-18-11-23-27(13-18)12-17-7-4-6-16-5-2-3-8-19(16)17/h2-8,11,13-14H,9-10,12H2,1H3,(H,24,28). The van der Waals surface area contributed by atoms with Crippen LogP contribution in [0.25, 0.3) is 10.8 Å². The Labute approximate surface area is 176 Å². The van der Waals surface area contributed by atoms with E-state index in [1.54, 1.807) is 10.9 Å². The second-order valence-corrected chi connectivity index (χ2v) is 7.85. The van der Waals surface area contributed by atoms with Crippen molar-refractivity contribution in [1.29, 1.82) is 0 Å². The van der Waals surface area contributed by atoms with E-state index < -0.39 is 0 Å². The van der Waals surface area contributed by atoms with Crippen LogP contribution in [-0.4, -0.2) is 25.5 Å². The van der Waals surface area contributed by atoms with Crippen molar-refractivity contribution in [1.82, 2.24) is 19.6 Å². The third-order valence-corrected chi connectivity index (χ3v) is 5.64. The molecule has 0 aliphatic carbocycles. The number of benzene rings is 2. The van der Waals surface area contributed by atoms with Crippen LogP contribution >= 0.6 is 22.6 Å². The van der Waals surface area contributed by atoms with Crippen LogP contribution in [0.3, 0.4) is 0 Å². The van der Waals surface area contributed by atoms with Crippen molar-refractivity contribution in [3.63, 3.8) is 0 Å². The first-order valence-corrected chi connectivity index (χ1v) is 10.1. The fourth-order valence-electron chi connectivity index (χ4n) is 3.17. The highest BCUT2D eigenvalue weighted by Crippen LogP contribution is 2.19. The first-order chi connectivity index (χ1) is 13.6. The molecule has 6 nitrogen and oxygen atoms in total. The van der Waals surface area contributed by atoms with Crippen LogP contribution in [0.15, 0.2) is 61.1 Å². The van der Waals surface area contributed by atoms with E-state index in [1.807, 2.05) is 36.1 Å². The van der Waals surface area contributed by atoms with E-state index in [9.17, 15) is 4.79 Å². The molecule has 0 fully saturated rings. The minimum absolute atomic E-state index is 0.0483. The number of rotatable bonds is 6. The molecule has 142 valence electrons. The molecular formula is C21H20IN5O. The number of halogens is 1.